The van der Waals surface area contributed by atoms with Crippen LogP contribution < -0.4 is 10.2 Å². The van der Waals surface area contributed by atoms with Crippen LogP contribution in [0.15, 0.2) is 41.6 Å². The first-order valence-corrected chi connectivity index (χ1v) is 11.2. The van der Waals surface area contributed by atoms with Crippen LogP contribution in [-0.4, -0.2) is 47.2 Å². The Balaban J connectivity index is 1.98. The highest BCUT2D eigenvalue weighted by molar-refractivity contribution is 7.98. The van der Waals surface area contributed by atoms with Crippen molar-refractivity contribution in [2.24, 2.45) is 0 Å². The van der Waals surface area contributed by atoms with Crippen molar-refractivity contribution in [3.8, 4) is 11.3 Å². The number of nitrogens with zero attached hydrogens (tertiary/aromatic N) is 4. The van der Waals surface area contributed by atoms with Gasteiger partial charge in [0.1, 0.15) is 17.3 Å². The third-order valence-electron chi connectivity index (χ3n) is 5.29. The van der Waals surface area contributed by atoms with E-state index in [0.717, 1.165) is 22.6 Å². The Morgan fingerprint density at radius 3 is 2.48 bits per heavy atom. The molecule has 1 aliphatic heterocycles. The number of hydrogen-bond acceptors (Lipinski definition) is 5. The molecule has 0 saturated heterocycles. The molecule has 3 aromatic rings. The number of fused-ring (bicyclic) bond motifs is 1. The van der Waals surface area contributed by atoms with E-state index in [9.17, 15) is 18.4 Å². The lowest BCUT2D eigenvalue weighted by Crippen LogP contribution is -2.43. The molecule has 0 radical (unpaired) electrons. The molecule has 0 aliphatic carbocycles. The first kappa shape index (κ1) is 22.7. The van der Waals surface area contributed by atoms with Gasteiger partial charge in [-0.2, -0.15) is 0 Å². The number of benzene rings is 2. The zero-order valence-electron chi connectivity index (χ0n) is 18.4. The van der Waals surface area contributed by atoms with Gasteiger partial charge in [-0.05, 0) is 43.0 Å². The molecule has 2 heterocycles. The summed E-state index contributed by atoms with van der Waals surface area (Å²) in [5.74, 6) is -1.86. The SMILES string of the molecule is CSc1nc(-c2cc(C(=O)N(C)C)ccc2C)c2c(n1)N(c1c(F)cccc1F)C(=O)NC2. The Morgan fingerprint density at radius 1 is 1.15 bits per heavy atom. The third-order valence-corrected chi connectivity index (χ3v) is 5.83. The number of hydrogen-bond donors (Lipinski definition) is 1. The van der Waals surface area contributed by atoms with E-state index in [1.165, 1.54) is 22.7 Å². The summed E-state index contributed by atoms with van der Waals surface area (Å²) in [6.07, 6.45) is 1.77. The lowest BCUT2D eigenvalue weighted by molar-refractivity contribution is 0.0827. The maximum atomic E-state index is 14.6. The van der Waals surface area contributed by atoms with Crippen molar-refractivity contribution >= 4 is 35.2 Å². The molecule has 0 unspecified atom stereocenters. The summed E-state index contributed by atoms with van der Waals surface area (Å²) >= 11 is 1.24. The fraction of sp³-hybridized carbons (Fsp3) is 0.217. The van der Waals surface area contributed by atoms with Crippen LogP contribution in [0.2, 0.25) is 0 Å². The Morgan fingerprint density at radius 2 is 1.85 bits per heavy atom. The first-order chi connectivity index (χ1) is 15.7. The Bertz CT molecular complexity index is 1260. The number of aryl methyl sites for hydroxylation is 1. The molecule has 10 heteroatoms. The van der Waals surface area contributed by atoms with Crippen molar-refractivity contribution in [1.29, 1.82) is 0 Å². The van der Waals surface area contributed by atoms with E-state index < -0.39 is 23.4 Å². The molecule has 170 valence electrons. The maximum Gasteiger partial charge on any atom is 0.328 e. The van der Waals surface area contributed by atoms with E-state index in [1.54, 1.807) is 32.5 Å². The summed E-state index contributed by atoms with van der Waals surface area (Å²) in [4.78, 5) is 36.8. The number of urea groups is 1. The minimum atomic E-state index is -0.890. The van der Waals surface area contributed by atoms with E-state index in [0.29, 0.717) is 27.5 Å². The van der Waals surface area contributed by atoms with Gasteiger partial charge in [0.2, 0.25) is 0 Å². The Labute approximate surface area is 193 Å². The van der Waals surface area contributed by atoms with Crippen LogP contribution in [0.5, 0.6) is 0 Å². The molecule has 0 saturated carbocycles. The minimum absolute atomic E-state index is 0.0655. The lowest BCUT2D eigenvalue weighted by Gasteiger charge is -2.30. The molecule has 0 spiro atoms. The van der Waals surface area contributed by atoms with E-state index >= 15 is 0 Å². The second kappa shape index (κ2) is 8.78. The lowest BCUT2D eigenvalue weighted by atomic mass is 9.97. The molecule has 1 aliphatic rings. The molecule has 4 rings (SSSR count). The van der Waals surface area contributed by atoms with Crippen molar-refractivity contribution < 1.29 is 18.4 Å². The zero-order chi connectivity index (χ0) is 23.9. The molecular weight excluding hydrogens is 448 g/mol. The van der Waals surface area contributed by atoms with Gasteiger partial charge in [-0.25, -0.2) is 28.4 Å². The molecule has 1 N–H and O–H groups in total. The molecule has 0 atom stereocenters. The van der Waals surface area contributed by atoms with E-state index in [4.69, 9.17) is 0 Å². The summed E-state index contributed by atoms with van der Waals surface area (Å²) in [5, 5.41) is 2.98. The molecular formula is C23H21F2N5O2S. The zero-order valence-corrected chi connectivity index (χ0v) is 19.3. The number of halogens is 2. The number of para-hydroxylation sites is 1. The van der Waals surface area contributed by atoms with Crippen molar-refractivity contribution in [1.82, 2.24) is 20.2 Å². The summed E-state index contributed by atoms with van der Waals surface area (Å²) in [5.41, 5.74) is 2.45. The maximum absolute atomic E-state index is 14.6. The van der Waals surface area contributed by atoms with Gasteiger partial charge in [0.15, 0.2) is 11.0 Å². The van der Waals surface area contributed by atoms with Crippen LogP contribution in [-0.2, 0) is 6.54 Å². The van der Waals surface area contributed by atoms with Crippen molar-refractivity contribution in [3.05, 3.63) is 64.7 Å². The van der Waals surface area contributed by atoms with E-state index in [1.807, 2.05) is 13.0 Å². The van der Waals surface area contributed by atoms with Crippen molar-refractivity contribution in [2.45, 2.75) is 18.6 Å². The van der Waals surface area contributed by atoms with Crippen LogP contribution in [0.1, 0.15) is 21.5 Å². The predicted octanol–water partition coefficient (Wildman–Crippen LogP) is 4.52. The fourth-order valence-corrected chi connectivity index (χ4v) is 3.99. The summed E-state index contributed by atoms with van der Waals surface area (Å²) in [6, 6.07) is 7.97. The van der Waals surface area contributed by atoms with Crippen molar-refractivity contribution in [2.75, 3.05) is 25.3 Å². The molecule has 7 nitrogen and oxygen atoms in total. The highest BCUT2D eigenvalue weighted by Crippen LogP contribution is 2.39. The number of thioether (sulfide) groups is 1. The van der Waals surface area contributed by atoms with Crippen LogP contribution in [0.3, 0.4) is 0 Å². The number of anilines is 2. The van der Waals surface area contributed by atoms with Crippen LogP contribution in [0.4, 0.5) is 25.1 Å². The molecule has 2 aromatic carbocycles. The molecule has 0 bridgehead atoms. The molecule has 1 aromatic heterocycles. The number of amides is 3. The quantitative estimate of drug-likeness (QED) is 0.449. The van der Waals surface area contributed by atoms with Gasteiger partial charge < -0.3 is 10.2 Å². The summed E-state index contributed by atoms with van der Waals surface area (Å²) in [6.45, 7) is 1.94. The monoisotopic (exact) mass is 469 g/mol. The average molecular weight is 470 g/mol. The second-order valence-corrected chi connectivity index (χ2v) is 8.43. The molecule has 3 amide bonds. The normalized spacial score (nSPS) is 12.9. The average Bonchev–Trinajstić information content (AvgIpc) is 2.79. The standard InChI is InChI=1S/C23H21F2N5O2S/c1-12-8-9-13(21(31)29(2)3)10-14(12)18-15-11-26-23(32)30(20(15)28-22(27-18)33-4)19-16(24)6-5-7-17(19)25/h5-10H,11H2,1-4H3,(H,26,32). The topological polar surface area (TPSA) is 78.4 Å². The number of nitrogens with one attached hydrogen (secondary N) is 1. The van der Waals surface area contributed by atoms with Gasteiger partial charge in [-0.15, -0.1) is 0 Å². The Hall–Kier alpha value is -3.53. The highest BCUT2D eigenvalue weighted by atomic mass is 32.2. The van der Waals surface area contributed by atoms with Gasteiger partial charge in [-0.3, -0.25) is 4.79 Å². The second-order valence-electron chi connectivity index (χ2n) is 7.65. The van der Waals surface area contributed by atoms with Gasteiger partial charge in [0.25, 0.3) is 5.91 Å². The minimum Gasteiger partial charge on any atom is -0.345 e. The van der Waals surface area contributed by atoms with E-state index in [2.05, 4.69) is 15.3 Å². The fourth-order valence-electron chi connectivity index (χ4n) is 3.63. The van der Waals surface area contributed by atoms with Crippen molar-refractivity contribution in [3.63, 3.8) is 0 Å². The predicted molar refractivity (Wildman–Crippen MR) is 123 cm³/mol. The molecule has 0 fully saturated rings. The van der Waals surface area contributed by atoms with Gasteiger partial charge in [-0.1, -0.05) is 23.9 Å². The molecule has 33 heavy (non-hydrogen) atoms. The number of rotatable bonds is 4. The summed E-state index contributed by atoms with van der Waals surface area (Å²) < 4.78 is 29.3. The number of aromatic nitrogens is 2. The smallest absolute Gasteiger partial charge is 0.328 e. The van der Waals surface area contributed by atoms with Crippen LogP contribution in [0, 0.1) is 18.6 Å². The number of carbonyl (C=O) groups is 2. The van der Waals surface area contributed by atoms with Gasteiger partial charge in [0, 0.05) is 30.8 Å². The largest absolute Gasteiger partial charge is 0.345 e. The van der Waals surface area contributed by atoms with Gasteiger partial charge >= 0.3 is 6.03 Å². The third kappa shape index (κ3) is 4.02. The van der Waals surface area contributed by atoms with E-state index in [-0.39, 0.29) is 18.3 Å². The Kier molecular flexibility index (Phi) is 6.03. The first-order valence-electron chi connectivity index (χ1n) is 10.0. The van der Waals surface area contributed by atoms with Gasteiger partial charge in [0.05, 0.1) is 12.2 Å². The number of carbonyl (C=O) groups excluding carboxylic acids is 2. The summed E-state index contributed by atoms with van der Waals surface area (Å²) in [7, 11) is 3.33. The van der Waals surface area contributed by atoms with Crippen LogP contribution >= 0.6 is 11.8 Å². The van der Waals surface area contributed by atoms with Crippen LogP contribution in [0.25, 0.3) is 11.3 Å². The highest BCUT2D eigenvalue weighted by Gasteiger charge is 2.34.